The number of hydrogen-bond donors (Lipinski definition) is 1. The summed E-state index contributed by atoms with van der Waals surface area (Å²) >= 11 is 0. The molecule has 29 heavy (non-hydrogen) atoms. The summed E-state index contributed by atoms with van der Waals surface area (Å²) in [6.45, 7) is 8.36. The first kappa shape index (κ1) is 20.9. The number of nitrogens with zero attached hydrogens (tertiary/aromatic N) is 4. The van der Waals surface area contributed by atoms with Crippen molar-refractivity contribution in [2.45, 2.75) is 33.4 Å². The predicted molar refractivity (Wildman–Crippen MR) is 111 cm³/mol. The van der Waals surface area contributed by atoms with Gasteiger partial charge < -0.3 is 15.0 Å². The van der Waals surface area contributed by atoms with Crippen molar-refractivity contribution in [2.24, 2.45) is 0 Å². The minimum Gasteiger partial charge on any atom is -0.497 e. The zero-order valence-corrected chi connectivity index (χ0v) is 17.5. The van der Waals surface area contributed by atoms with E-state index >= 15 is 0 Å². The Hall–Kier alpha value is -2.87. The second-order valence-corrected chi connectivity index (χ2v) is 7.27. The summed E-state index contributed by atoms with van der Waals surface area (Å²) in [6, 6.07) is 7.65. The topological polar surface area (TPSA) is 79.7 Å². The normalized spacial score (nSPS) is 17.2. The molecule has 8 nitrogen and oxygen atoms in total. The maximum absolute atomic E-state index is 12.6. The molecule has 1 N–H and O–H groups in total. The van der Waals surface area contributed by atoms with Gasteiger partial charge in [0.15, 0.2) is 0 Å². The molecule has 1 aromatic heterocycles. The number of anilines is 1. The minimum absolute atomic E-state index is 0.0394. The second-order valence-electron chi connectivity index (χ2n) is 7.27. The van der Waals surface area contributed by atoms with Crippen molar-refractivity contribution in [1.82, 2.24) is 19.6 Å². The van der Waals surface area contributed by atoms with E-state index in [9.17, 15) is 9.59 Å². The first-order valence-corrected chi connectivity index (χ1v) is 9.88. The summed E-state index contributed by atoms with van der Waals surface area (Å²) in [5, 5.41) is 7.31. The maximum Gasteiger partial charge on any atom is 0.238 e. The number of aryl methyl sites for hydroxylation is 2. The molecule has 0 spiro atoms. The van der Waals surface area contributed by atoms with Gasteiger partial charge in [0.05, 0.1) is 31.1 Å². The van der Waals surface area contributed by atoms with Crippen molar-refractivity contribution in [3.8, 4) is 5.75 Å². The number of ether oxygens (including phenoxy) is 1. The zero-order valence-electron chi connectivity index (χ0n) is 17.5. The van der Waals surface area contributed by atoms with Gasteiger partial charge in [-0.1, -0.05) is 12.1 Å². The zero-order chi connectivity index (χ0) is 21.0. The van der Waals surface area contributed by atoms with E-state index in [2.05, 4.69) is 15.3 Å². The number of amides is 2. The number of nitrogens with one attached hydrogen (secondary N) is 1. The lowest BCUT2D eigenvalue weighted by Gasteiger charge is -2.41. The smallest absolute Gasteiger partial charge is 0.238 e. The Morgan fingerprint density at radius 3 is 2.55 bits per heavy atom. The molecule has 2 heterocycles. The molecule has 2 aromatic rings. The van der Waals surface area contributed by atoms with Crippen LogP contribution in [0.2, 0.25) is 0 Å². The Balaban J connectivity index is 1.67. The number of carbonyl (C=O) groups is 2. The van der Waals surface area contributed by atoms with Gasteiger partial charge in [-0.25, -0.2) is 0 Å². The average Bonchev–Trinajstić information content (AvgIpc) is 3.07. The van der Waals surface area contributed by atoms with Crippen LogP contribution < -0.4 is 10.1 Å². The lowest BCUT2D eigenvalue weighted by atomic mass is 10.0. The molecule has 156 valence electrons. The van der Waals surface area contributed by atoms with Gasteiger partial charge in [0.1, 0.15) is 5.75 Å². The highest BCUT2D eigenvalue weighted by Crippen LogP contribution is 2.27. The quantitative estimate of drug-likeness (QED) is 0.804. The molecule has 3 rings (SSSR count). The molecule has 1 aliphatic rings. The highest BCUT2D eigenvalue weighted by molar-refractivity contribution is 5.92. The van der Waals surface area contributed by atoms with Gasteiger partial charge in [-0.3, -0.25) is 19.2 Å². The maximum atomic E-state index is 12.6. The van der Waals surface area contributed by atoms with E-state index in [1.165, 1.54) is 0 Å². The molecule has 1 aliphatic heterocycles. The Kier molecular flexibility index (Phi) is 6.53. The number of hydrogen-bond acceptors (Lipinski definition) is 5. The number of aromatic nitrogens is 2. The van der Waals surface area contributed by atoms with E-state index in [4.69, 9.17) is 4.74 Å². The van der Waals surface area contributed by atoms with Crippen molar-refractivity contribution in [2.75, 3.05) is 38.6 Å². The highest BCUT2D eigenvalue weighted by Gasteiger charge is 2.30. The lowest BCUT2D eigenvalue weighted by Crippen LogP contribution is -2.51. The second kappa shape index (κ2) is 9.09. The van der Waals surface area contributed by atoms with Gasteiger partial charge in [0.2, 0.25) is 11.8 Å². The molecule has 1 atom stereocenters. The van der Waals surface area contributed by atoms with Crippen LogP contribution in [0.3, 0.4) is 0 Å². The van der Waals surface area contributed by atoms with Crippen LogP contribution in [0.5, 0.6) is 5.75 Å². The molecule has 0 bridgehead atoms. The Morgan fingerprint density at radius 1 is 1.24 bits per heavy atom. The van der Waals surface area contributed by atoms with Crippen molar-refractivity contribution in [1.29, 1.82) is 0 Å². The third-order valence-corrected chi connectivity index (χ3v) is 5.28. The van der Waals surface area contributed by atoms with E-state index in [-0.39, 0.29) is 24.4 Å². The van der Waals surface area contributed by atoms with E-state index < -0.39 is 0 Å². The Labute approximate surface area is 171 Å². The Morgan fingerprint density at radius 2 is 1.97 bits per heavy atom. The van der Waals surface area contributed by atoms with Gasteiger partial charge in [-0.15, -0.1) is 0 Å². The molecule has 0 saturated carbocycles. The first-order valence-electron chi connectivity index (χ1n) is 9.88. The largest absolute Gasteiger partial charge is 0.497 e. The van der Waals surface area contributed by atoms with Crippen LogP contribution in [0, 0.1) is 6.92 Å². The SMILES string of the molecule is CCn1cc(NC(=O)CN2CCN(C(C)=O)C(c3ccc(OC)cc3)C2)c(C)n1. The van der Waals surface area contributed by atoms with Crippen LogP contribution in [0.25, 0.3) is 0 Å². The standard InChI is InChI=1S/C21H29N5O3/c1-5-25-12-19(15(2)23-25)22-21(28)14-24-10-11-26(16(3)27)20(13-24)17-6-8-18(29-4)9-7-17/h6-9,12,20H,5,10-11,13-14H2,1-4H3,(H,22,28). The molecular formula is C21H29N5O3. The summed E-state index contributed by atoms with van der Waals surface area (Å²) in [5.74, 6) is 0.740. The third-order valence-electron chi connectivity index (χ3n) is 5.28. The van der Waals surface area contributed by atoms with E-state index in [1.807, 2.05) is 49.2 Å². The molecule has 0 aliphatic carbocycles. The number of rotatable bonds is 6. The summed E-state index contributed by atoms with van der Waals surface area (Å²) in [5.41, 5.74) is 2.58. The molecule has 8 heteroatoms. The Bertz CT molecular complexity index is 862. The third kappa shape index (κ3) is 4.95. The van der Waals surface area contributed by atoms with Crippen LogP contribution >= 0.6 is 0 Å². The summed E-state index contributed by atoms with van der Waals surface area (Å²) in [6.07, 6.45) is 1.85. The van der Waals surface area contributed by atoms with Crippen LogP contribution in [0.4, 0.5) is 5.69 Å². The molecule has 1 saturated heterocycles. The molecule has 1 fully saturated rings. The van der Waals surface area contributed by atoms with E-state index in [0.717, 1.165) is 29.2 Å². The molecule has 1 unspecified atom stereocenters. The van der Waals surface area contributed by atoms with Gasteiger partial charge in [-0.2, -0.15) is 5.10 Å². The fourth-order valence-electron chi connectivity index (χ4n) is 3.67. The van der Waals surface area contributed by atoms with Gasteiger partial charge in [0.25, 0.3) is 0 Å². The molecule has 2 amide bonds. The monoisotopic (exact) mass is 399 g/mol. The number of methoxy groups -OCH3 is 1. The van der Waals surface area contributed by atoms with Crippen molar-refractivity contribution < 1.29 is 14.3 Å². The minimum atomic E-state index is -0.0930. The van der Waals surface area contributed by atoms with Crippen molar-refractivity contribution in [3.63, 3.8) is 0 Å². The number of piperazine rings is 1. The van der Waals surface area contributed by atoms with E-state index in [1.54, 1.807) is 18.7 Å². The first-order chi connectivity index (χ1) is 13.9. The average molecular weight is 399 g/mol. The van der Waals surface area contributed by atoms with Crippen molar-refractivity contribution >= 4 is 17.5 Å². The molecule has 0 radical (unpaired) electrons. The van der Waals surface area contributed by atoms with E-state index in [0.29, 0.717) is 19.6 Å². The van der Waals surface area contributed by atoms with Crippen LogP contribution in [0.1, 0.15) is 31.1 Å². The fourth-order valence-corrected chi connectivity index (χ4v) is 3.67. The number of carbonyl (C=O) groups excluding carboxylic acids is 2. The number of benzene rings is 1. The molecular weight excluding hydrogens is 370 g/mol. The summed E-state index contributed by atoms with van der Waals surface area (Å²) < 4.78 is 7.03. The highest BCUT2D eigenvalue weighted by atomic mass is 16.5. The summed E-state index contributed by atoms with van der Waals surface area (Å²) in [4.78, 5) is 28.7. The van der Waals surface area contributed by atoms with Gasteiger partial charge in [-0.05, 0) is 31.5 Å². The van der Waals surface area contributed by atoms with Crippen LogP contribution in [-0.4, -0.2) is 64.7 Å². The molecule has 1 aromatic carbocycles. The van der Waals surface area contributed by atoms with Gasteiger partial charge >= 0.3 is 0 Å². The van der Waals surface area contributed by atoms with Crippen LogP contribution in [0.15, 0.2) is 30.5 Å². The summed E-state index contributed by atoms with van der Waals surface area (Å²) in [7, 11) is 1.63. The van der Waals surface area contributed by atoms with Gasteiger partial charge in [0, 0.05) is 39.3 Å². The van der Waals surface area contributed by atoms with Crippen molar-refractivity contribution in [3.05, 3.63) is 41.7 Å². The lowest BCUT2D eigenvalue weighted by molar-refractivity contribution is -0.134. The fraction of sp³-hybridized carbons (Fsp3) is 0.476. The predicted octanol–water partition coefficient (Wildman–Crippen LogP) is 2.06. The van der Waals surface area contributed by atoms with Crippen LogP contribution in [-0.2, 0) is 16.1 Å².